The van der Waals surface area contributed by atoms with E-state index in [1.807, 2.05) is 0 Å². The molecule has 0 fully saturated rings. The van der Waals surface area contributed by atoms with E-state index in [-0.39, 0.29) is 22.2 Å². The fourth-order valence-electron chi connectivity index (χ4n) is 1.26. The van der Waals surface area contributed by atoms with Crippen LogP contribution in [-0.2, 0) is 0 Å². The fraction of sp³-hybridized carbons (Fsp3) is 0.111. The lowest BCUT2D eigenvalue weighted by Crippen LogP contribution is -1.85. The molecule has 4 nitrogen and oxygen atoms in total. The number of nitrogens with zero attached hydrogens (tertiary/aromatic N) is 1. The molecule has 0 radical (unpaired) electrons. The Hall–Kier alpha value is -1.62. The molecule has 2 heterocycles. The van der Waals surface area contributed by atoms with Crippen LogP contribution in [0.1, 0.15) is 16.6 Å². The van der Waals surface area contributed by atoms with E-state index in [1.165, 1.54) is 19.3 Å². The average Bonchev–Trinajstić information content (AvgIpc) is 2.45. The first-order valence-corrected chi connectivity index (χ1v) is 4.72. The molecular formula is C9H7NO3S. The summed E-state index contributed by atoms with van der Waals surface area (Å²) in [6.07, 6.45) is 2.74. The van der Waals surface area contributed by atoms with Gasteiger partial charge in [-0.15, -0.1) is 11.3 Å². The standard InChI is InChI=1S/C9H7NO3S/c1-4(11)9-8(13)7-5(12)2-10-3-6(7)14-9/h2-3,12-13H,1H3. The Balaban J connectivity index is 2.87. The second-order valence-electron chi connectivity index (χ2n) is 2.87. The number of hydrogen-bond acceptors (Lipinski definition) is 5. The van der Waals surface area contributed by atoms with Gasteiger partial charge in [0.05, 0.1) is 16.3 Å². The third-order valence-electron chi connectivity index (χ3n) is 1.87. The number of hydrogen-bond donors (Lipinski definition) is 2. The van der Waals surface area contributed by atoms with Crippen LogP contribution < -0.4 is 0 Å². The lowest BCUT2D eigenvalue weighted by Gasteiger charge is -1.94. The highest BCUT2D eigenvalue weighted by molar-refractivity contribution is 7.21. The molecule has 72 valence electrons. The van der Waals surface area contributed by atoms with E-state index in [4.69, 9.17) is 0 Å². The molecule has 0 saturated heterocycles. The topological polar surface area (TPSA) is 70.4 Å². The highest BCUT2D eigenvalue weighted by atomic mass is 32.1. The number of carbonyl (C=O) groups is 1. The van der Waals surface area contributed by atoms with Gasteiger partial charge in [-0.05, 0) is 0 Å². The number of aromatic hydroxyl groups is 2. The van der Waals surface area contributed by atoms with E-state index >= 15 is 0 Å². The quantitative estimate of drug-likeness (QED) is 0.704. The summed E-state index contributed by atoms with van der Waals surface area (Å²) >= 11 is 1.12. The molecule has 0 saturated carbocycles. The van der Waals surface area contributed by atoms with Gasteiger partial charge in [0.25, 0.3) is 0 Å². The smallest absolute Gasteiger partial charge is 0.173 e. The second-order valence-corrected chi connectivity index (χ2v) is 3.92. The lowest BCUT2D eigenvalue weighted by molar-refractivity contribution is 0.101. The van der Waals surface area contributed by atoms with Crippen molar-refractivity contribution in [2.45, 2.75) is 6.92 Å². The molecular weight excluding hydrogens is 202 g/mol. The predicted octanol–water partition coefficient (Wildman–Crippen LogP) is 1.91. The summed E-state index contributed by atoms with van der Waals surface area (Å²) in [4.78, 5) is 15.1. The number of fused-ring (bicyclic) bond motifs is 1. The van der Waals surface area contributed by atoms with E-state index in [0.29, 0.717) is 10.1 Å². The zero-order valence-electron chi connectivity index (χ0n) is 7.31. The molecule has 2 aromatic rings. The number of rotatable bonds is 1. The fourth-order valence-corrected chi connectivity index (χ4v) is 2.24. The first kappa shape index (κ1) is 8.96. The number of thiophene rings is 1. The van der Waals surface area contributed by atoms with Crippen molar-refractivity contribution in [3.05, 3.63) is 17.3 Å². The van der Waals surface area contributed by atoms with Crippen LogP contribution in [0.2, 0.25) is 0 Å². The Morgan fingerprint density at radius 2 is 2.14 bits per heavy atom. The number of Topliss-reactive ketones (excluding diaryl/α,β-unsaturated/α-hetero) is 1. The summed E-state index contributed by atoms with van der Waals surface area (Å²) in [7, 11) is 0. The van der Waals surface area contributed by atoms with Gasteiger partial charge in [-0.25, -0.2) is 0 Å². The van der Waals surface area contributed by atoms with Crippen LogP contribution in [0.4, 0.5) is 0 Å². The Morgan fingerprint density at radius 3 is 2.71 bits per heavy atom. The molecule has 5 heteroatoms. The maximum Gasteiger partial charge on any atom is 0.173 e. The van der Waals surface area contributed by atoms with Crippen molar-refractivity contribution in [3.8, 4) is 11.5 Å². The molecule has 0 unspecified atom stereocenters. The summed E-state index contributed by atoms with van der Waals surface area (Å²) < 4.78 is 0.604. The van der Waals surface area contributed by atoms with E-state index in [0.717, 1.165) is 11.3 Å². The molecule has 2 rings (SSSR count). The maximum atomic E-state index is 11.1. The van der Waals surface area contributed by atoms with Crippen LogP contribution in [0.15, 0.2) is 12.4 Å². The van der Waals surface area contributed by atoms with Gasteiger partial charge in [0.15, 0.2) is 5.78 Å². The van der Waals surface area contributed by atoms with Crippen LogP contribution in [0, 0.1) is 0 Å². The summed E-state index contributed by atoms with van der Waals surface area (Å²) in [6.45, 7) is 1.37. The predicted molar refractivity (Wildman–Crippen MR) is 53.0 cm³/mol. The lowest BCUT2D eigenvalue weighted by atomic mass is 10.2. The highest BCUT2D eigenvalue weighted by Gasteiger charge is 2.17. The van der Waals surface area contributed by atoms with Crippen molar-refractivity contribution >= 4 is 27.2 Å². The minimum absolute atomic E-state index is 0.108. The minimum Gasteiger partial charge on any atom is -0.506 e. The molecule has 0 spiro atoms. The van der Waals surface area contributed by atoms with Crippen LogP contribution in [0.3, 0.4) is 0 Å². The molecule has 0 aromatic carbocycles. The second kappa shape index (κ2) is 2.95. The Labute approximate surface area is 83.5 Å². The van der Waals surface area contributed by atoms with Gasteiger partial charge in [0.1, 0.15) is 16.4 Å². The Morgan fingerprint density at radius 1 is 1.43 bits per heavy atom. The maximum absolute atomic E-state index is 11.1. The van der Waals surface area contributed by atoms with Crippen LogP contribution in [0.25, 0.3) is 10.1 Å². The van der Waals surface area contributed by atoms with Gasteiger partial charge in [0.2, 0.25) is 0 Å². The van der Waals surface area contributed by atoms with Crippen molar-refractivity contribution in [1.82, 2.24) is 4.98 Å². The third kappa shape index (κ3) is 1.13. The third-order valence-corrected chi connectivity index (χ3v) is 3.09. The van der Waals surface area contributed by atoms with Gasteiger partial charge in [-0.1, -0.05) is 0 Å². The van der Waals surface area contributed by atoms with Crippen LogP contribution in [-0.4, -0.2) is 21.0 Å². The number of ketones is 1. The molecule has 0 bridgehead atoms. The Bertz CT molecular complexity index is 518. The minimum atomic E-state index is -0.219. The molecule has 2 N–H and O–H groups in total. The van der Waals surface area contributed by atoms with Crippen molar-refractivity contribution < 1.29 is 15.0 Å². The highest BCUT2D eigenvalue weighted by Crippen LogP contribution is 2.40. The van der Waals surface area contributed by atoms with E-state index < -0.39 is 0 Å². The summed E-state index contributed by atoms with van der Waals surface area (Å²) in [5.41, 5.74) is 0. The Kier molecular flexibility index (Phi) is 1.89. The molecule has 0 atom stereocenters. The SMILES string of the molecule is CC(=O)c1sc2cncc(O)c2c1O. The molecule has 14 heavy (non-hydrogen) atoms. The zero-order valence-corrected chi connectivity index (χ0v) is 8.13. The molecule has 2 aromatic heterocycles. The van der Waals surface area contributed by atoms with Crippen molar-refractivity contribution in [2.75, 3.05) is 0 Å². The summed E-state index contributed by atoms with van der Waals surface area (Å²) in [5, 5.41) is 19.4. The first-order chi connectivity index (χ1) is 6.61. The molecule has 0 aliphatic rings. The van der Waals surface area contributed by atoms with Crippen molar-refractivity contribution in [1.29, 1.82) is 0 Å². The van der Waals surface area contributed by atoms with Gasteiger partial charge < -0.3 is 10.2 Å². The summed E-state index contributed by atoms with van der Waals surface area (Å²) in [5.74, 6) is -0.482. The summed E-state index contributed by atoms with van der Waals surface area (Å²) in [6, 6.07) is 0. The van der Waals surface area contributed by atoms with Gasteiger partial charge in [0, 0.05) is 13.1 Å². The number of pyridine rings is 1. The van der Waals surface area contributed by atoms with E-state index in [9.17, 15) is 15.0 Å². The number of aromatic nitrogens is 1. The van der Waals surface area contributed by atoms with Crippen molar-refractivity contribution in [3.63, 3.8) is 0 Å². The normalized spacial score (nSPS) is 10.6. The average molecular weight is 209 g/mol. The van der Waals surface area contributed by atoms with Gasteiger partial charge in [-0.3, -0.25) is 9.78 Å². The molecule has 0 aliphatic heterocycles. The monoisotopic (exact) mass is 209 g/mol. The van der Waals surface area contributed by atoms with Crippen molar-refractivity contribution in [2.24, 2.45) is 0 Å². The van der Waals surface area contributed by atoms with Crippen LogP contribution >= 0.6 is 11.3 Å². The largest absolute Gasteiger partial charge is 0.506 e. The number of carbonyl (C=O) groups excluding carboxylic acids is 1. The van der Waals surface area contributed by atoms with E-state index in [2.05, 4.69) is 4.98 Å². The first-order valence-electron chi connectivity index (χ1n) is 3.90. The van der Waals surface area contributed by atoms with Crippen LogP contribution in [0.5, 0.6) is 11.5 Å². The molecule has 0 amide bonds. The molecule has 0 aliphatic carbocycles. The zero-order chi connectivity index (χ0) is 10.3. The van der Waals surface area contributed by atoms with Gasteiger partial charge >= 0.3 is 0 Å². The van der Waals surface area contributed by atoms with Gasteiger partial charge in [-0.2, -0.15) is 0 Å². The van der Waals surface area contributed by atoms with E-state index in [1.54, 1.807) is 0 Å².